The third-order valence-corrected chi connectivity index (χ3v) is 5.30. The molecule has 0 aromatic carbocycles. The van der Waals surface area contributed by atoms with Gasteiger partial charge in [-0.1, -0.05) is 19.3 Å². The quantitative estimate of drug-likeness (QED) is 0.851. The first-order chi connectivity index (χ1) is 12.1. The van der Waals surface area contributed by atoms with E-state index < -0.39 is 0 Å². The summed E-state index contributed by atoms with van der Waals surface area (Å²) in [7, 11) is 0. The van der Waals surface area contributed by atoms with Gasteiger partial charge in [-0.2, -0.15) is 0 Å². The van der Waals surface area contributed by atoms with Crippen LogP contribution in [-0.2, 0) is 4.79 Å². The second kappa shape index (κ2) is 8.29. The molecule has 2 amide bonds. The molecule has 1 aliphatic carbocycles. The van der Waals surface area contributed by atoms with Gasteiger partial charge in [-0.05, 0) is 37.8 Å². The molecule has 0 atom stereocenters. The highest BCUT2D eigenvalue weighted by molar-refractivity contribution is 7.13. The van der Waals surface area contributed by atoms with Crippen molar-refractivity contribution in [3.05, 3.63) is 35.2 Å². The number of aryl methyl sites for hydroxylation is 1. The van der Waals surface area contributed by atoms with Crippen LogP contribution in [0.5, 0.6) is 0 Å². The third kappa shape index (κ3) is 4.92. The van der Waals surface area contributed by atoms with E-state index in [4.69, 9.17) is 4.42 Å². The zero-order valence-electron chi connectivity index (χ0n) is 14.4. The van der Waals surface area contributed by atoms with E-state index in [1.807, 2.05) is 12.3 Å². The lowest BCUT2D eigenvalue weighted by atomic mass is 9.89. The Morgan fingerprint density at radius 1 is 1.36 bits per heavy atom. The Balaban J connectivity index is 1.66. The average molecular weight is 361 g/mol. The summed E-state index contributed by atoms with van der Waals surface area (Å²) < 4.78 is 5.24. The van der Waals surface area contributed by atoms with E-state index in [9.17, 15) is 9.59 Å². The van der Waals surface area contributed by atoms with Crippen LogP contribution in [-0.4, -0.2) is 34.8 Å². The first-order valence-electron chi connectivity index (χ1n) is 8.66. The van der Waals surface area contributed by atoms with Gasteiger partial charge in [0.25, 0.3) is 5.91 Å². The number of hydrogen-bond donors (Lipinski definition) is 1. The van der Waals surface area contributed by atoms with Crippen LogP contribution >= 0.6 is 11.3 Å². The van der Waals surface area contributed by atoms with Crippen LogP contribution in [0, 0.1) is 12.8 Å². The lowest BCUT2D eigenvalue weighted by Gasteiger charge is -2.28. The fourth-order valence-electron chi connectivity index (χ4n) is 3.20. The van der Waals surface area contributed by atoms with Gasteiger partial charge < -0.3 is 14.6 Å². The van der Waals surface area contributed by atoms with Crippen molar-refractivity contribution in [2.75, 3.05) is 18.4 Å². The fourth-order valence-corrected chi connectivity index (χ4v) is 3.90. The van der Waals surface area contributed by atoms with Crippen molar-refractivity contribution in [1.29, 1.82) is 0 Å². The number of hydrogen-bond acceptors (Lipinski definition) is 5. The number of nitrogens with one attached hydrogen (secondary N) is 1. The summed E-state index contributed by atoms with van der Waals surface area (Å²) in [5.41, 5.74) is 0.867. The van der Waals surface area contributed by atoms with Gasteiger partial charge in [-0.3, -0.25) is 9.59 Å². The van der Waals surface area contributed by atoms with Gasteiger partial charge >= 0.3 is 0 Å². The normalized spacial score (nSPS) is 15.1. The molecule has 0 bridgehead atoms. The van der Waals surface area contributed by atoms with E-state index in [0.717, 1.165) is 18.5 Å². The lowest BCUT2D eigenvalue weighted by Crippen LogP contribution is -2.41. The van der Waals surface area contributed by atoms with Crippen molar-refractivity contribution in [3.63, 3.8) is 0 Å². The number of thiazole rings is 1. The van der Waals surface area contributed by atoms with Crippen molar-refractivity contribution in [1.82, 2.24) is 9.88 Å². The predicted octanol–water partition coefficient (Wildman–Crippen LogP) is 3.71. The van der Waals surface area contributed by atoms with Crippen LogP contribution in [0.4, 0.5) is 5.13 Å². The monoisotopic (exact) mass is 361 g/mol. The molecule has 3 rings (SSSR count). The molecule has 2 aromatic heterocycles. The Morgan fingerprint density at radius 2 is 2.16 bits per heavy atom. The highest BCUT2D eigenvalue weighted by Crippen LogP contribution is 2.25. The highest BCUT2D eigenvalue weighted by Gasteiger charge is 2.25. The Kier molecular flexibility index (Phi) is 5.86. The van der Waals surface area contributed by atoms with Crippen molar-refractivity contribution >= 4 is 28.3 Å². The number of carbonyl (C=O) groups is 2. The molecule has 0 radical (unpaired) electrons. The molecule has 134 valence electrons. The molecule has 7 heteroatoms. The highest BCUT2D eigenvalue weighted by atomic mass is 32.1. The molecule has 2 heterocycles. The van der Waals surface area contributed by atoms with Gasteiger partial charge in [-0.15, -0.1) is 11.3 Å². The van der Waals surface area contributed by atoms with E-state index in [0.29, 0.717) is 17.6 Å². The topological polar surface area (TPSA) is 75.4 Å². The second-order valence-electron chi connectivity index (χ2n) is 6.51. The van der Waals surface area contributed by atoms with E-state index in [1.165, 1.54) is 36.9 Å². The Bertz CT molecular complexity index is 705. The number of amides is 2. The molecule has 25 heavy (non-hydrogen) atoms. The number of nitrogens with zero attached hydrogens (tertiary/aromatic N) is 2. The summed E-state index contributed by atoms with van der Waals surface area (Å²) >= 11 is 1.38. The maximum atomic E-state index is 12.7. The van der Waals surface area contributed by atoms with Crippen molar-refractivity contribution in [2.24, 2.45) is 5.92 Å². The van der Waals surface area contributed by atoms with Crippen LogP contribution in [0.25, 0.3) is 0 Å². The Labute approximate surface area is 151 Å². The maximum Gasteiger partial charge on any atom is 0.290 e. The summed E-state index contributed by atoms with van der Waals surface area (Å²) in [5.74, 6) is 0.252. The van der Waals surface area contributed by atoms with Crippen LogP contribution in [0.2, 0.25) is 0 Å². The summed E-state index contributed by atoms with van der Waals surface area (Å²) in [5, 5.41) is 5.21. The molecule has 1 saturated carbocycles. The average Bonchev–Trinajstić information content (AvgIpc) is 3.26. The van der Waals surface area contributed by atoms with E-state index >= 15 is 0 Å². The smallest absolute Gasteiger partial charge is 0.290 e. The second-order valence-corrected chi connectivity index (χ2v) is 7.37. The molecule has 6 nitrogen and oxygen atoms in total. The maximum absolute atomic E-state index is 12.7. The predicted molar refractivity (Wildman–Crippen MR) is 96.7 cm³/mol. The van der Waals surface area contributed by atoms with E-state index in [-0.39, 0.29) is 24.1 Å². The number of furan rings is 1. The summed E-state index contributed by atoms with van der Waals surface area (Å²) in [6.45, 7) is 2.47. The SMILES string of the molecule is Cc1csc(NC(=O)CN(CC2CCCCC2)C(=O)c2ccco2)n1. The Hall–Kier alpha value is -2.15. The molecule has 0 spiro atoms. The molecule has 1 N–H and O–H groups in total. The molecule has 0 aliphatic heterocycles. The molecular formula is C18H23N3O3S. The van der Waals surface area contributed by atoms with Crippen molar-refractivity contribution in [3.8, 4) is 0 Å². The molecule has 0 unspecified atom stereocenters. The minimum atomic E-state index is -0.235. The molecule has 1 aliphatic rings. The molecular weight excluding hydrogens is 338 g/mol. The Morgan fingerprint density at radius 3 is 2.80 bits per heavy atom. The van der Waals surface area contributed by atoms with Gasteiger partial charge in [0.2, 0.25) is 5.91 Å². The zero-order chi connectivity index (χ0) is 17.6. The first-order valence-corrected chi connectivity index (χ1v) is 9.54. The fraction of sp³-hybridized carbons (Fsp3) is 0.500. The van der Waals surface area contributed by atoms with Crippen LogP contribution in [0.15, 0.2) is 28.2 Å². The van der Waals surface area contributed by atoms with Gasteiger partial charge in [0.05, 0.1) is 12.0 Å². The first kappa shape index (κ1) is 17.7. The number of aromatic nitrogens is 1. The van der Waals surface area contributed by atoms with Crippen LogP contribution in [0.3, 0.4) is 0 Å². The minimum Gasteiger partial charge on any atom is -0.459 e. The third-order valence-electron chi connectivity index (χ3n) is 4.42. The minimum absolute atomic E-state index is 0.00859. The van der Waals surface area contributed by atoms with Crippen LogP contribution in [0.1, 0.15) is 48.4 Å². The molecule has 1 fully saturated rings. The van der Waals surface area contributed by atoms with Crippen molar-refractivity contribution in [2.45, 2.75) is 39.0 Å². The summed E-state index contributed by atoms with van der Waals surface area (Å²) in [4.78, 5) is 30.9. The molecule has 2 aromatic rings. The van der Waals surface area contributed by atoms with E-state index in [2.05, 4.69) is 10.3 Å². The van der Waals surface area contributed by atoms with E-state index in [1.54, 1.807) is 17.0 Å². The van der Waals surface area contributed by atoms with Crippen LogP contribution < -0.4 is 5.32 Å². The molecule has 0 saturated heterocycles. The summed E-state index contributed by atoms with van der Waals surface area (Å²) in [6.07, 6.45) is 7.33. The lowest BCUT2D eigenvalue weighted by molar-refractivity contribution is -0.117. The standard InChI is InChI=1S/C18H23N3O3S/c1-13-12-25-18(19-13)20-16(22)11-21(10-14-6-3-2-4-7-14)17(23)15-8-5-9-24-15/h5,8-9,12,14H,2-4,6-7,10-11H2,1H3,(H,19,20,22). The number of rotatable bonds is 6. The van der Waals surface area contributed by atoms with Gasteiger partial charge in [-0.25, -0.2) is 4.98 Å². The van der Waals surface area contributed by atoms with Gasteiger partial charge in [0.15, 0.2) is 10.9 Å². The van der Waals surface area contributed by atoms with Gasteiger partial charge in [0, 0.05) is 11.9 Å². The van der Waals surface area contributed by atoms with Crippen molar-refractivity contribution < 1.29 is 14.0 Å². The number of carbonyl (C=O) groups excluding carboxylic acids is 2. The summed E-state index contributed by atoms with van der Waals surface area (Å²) in [6, 6.07) is 3.32. The number of anilines is 1. The van der Waals surface area contributed by atoms with Gasteiger partial charge in [0.1, 0.15) is 6.54 Å². The zero-order valence-corrected chi connectivity index (χ0v) is 15.2. The largest absolute Gasteiger partial charge is 0.459 e.